The lowest BCUT2D eigenvalue weighted by Crippen LogP contribution is -2.02. The average Bonchev–Trinajstić information content (AvgIpc) is 4.06. The first-order valence-corrected chi connectivity index (χ1v) is 23.4. The molecule has 14 aromatic rings. The molecule has 14 rings (SSSR count). The molecule has 0 N–H and O–H groups in total. The molecule has 0 saturated heterocycles. The summed E-state index contributed by atoms with van der Waals surface area (Å²) in [6, 6.07) is 86.5. The van der Waals surface area contributed by atoms with E-state index in [0.29, 0.717) is 17.5 Å². The van der Waals surface area contributed by atoms with E-state index in [9.17, 15) is 0 Å². The molecule has 6 heteroatoms. The third-order valence-electron chi connectivity index (χ3n) is 13.7. The van der Waals surface area contributed by atoms with Gasteiger partial charge in [0.2, 0.25) is 0 Å². The van der Waals surface area contributed by atoms with Crippen molar-refractivity contribution in [2.24, 2.45) is 0 Å². The second-order valence-electron chi connectivity index (χ2n) is 17.6. The van der Waals surface area contributed by atoms with Gasteiger partial charge >= 0.3 is 0 Å². The van der Waals surface area contributed by atoms with Gasteiger partial charge in [-0.05, 0) is 84.4 Å². The Balaban J connectivity index is 1.04. The monoisotopic (exact) mass is 880 g/mol. The lowest BCUT2D eigenvalue weighted by atomic mass is 10.00. The molecule has 0 unspecified atom stereocenters. The second-order valence-corrected chi connectivity index (χ2v) is 17.6. The summed E-state index contributed by atoms with van der Waals surface area (Å²) in [5, 5.41) is 7.27. The highest BCUT2D eigenvalue weighted by atomic mass is 15.0. The van der Waals surface area contributed by atoms with Crippen LogP contribution in [0.5, 0.6) is 0 Å². The molecule has 0 atom stereocenters. The molecule has 10 aromatic carbocycles. The molecule has 0 aliphatic heterocycles. The van der Waals surface area contributed by atoms with Gasteiger partial charge in [0.25, 0.3) is 0 Å². The van der Waals surface area contributed by atoms with Crippen molar-refractivity contribution in [3.8, 4) is 62.4 Å². The van der Waals surface area contributed by atoms with E-state index in [1.165, 1.54) is 43.6 Å². The summed E-state index contributed by atoms with van der Waals surface area (Å²) in [5.74, 6) is 1.87. The number of rotatable bonds is 7. The summed E-state index contributed by atoms with van der Waals surface area (Å²) in [6.07, 6.45) is 0. The molecular formula is C63H40N6. The minimum Gasteiger partial charge on any atom is -0.309 e. The molecule has 0 radical (unpaired) electrons. The lowest BCUT2D eigenvalue weighted by Gasteiger charge is -2.17. The van der Waals surface area contributed by atoms with E-state index in [-0.39, 0.29) is 0 Å². The number of hydrogen-bond donors (Lipinski definition) is 0. The van der Waals surface area contributed by atoms with Crippen LogP contribution in [0.25, 0.3) is 128 Å². The zero-order valence-electron chi connectivity index (χ0n) is 37.3. The average molecular weight is 881 g/mol. The van der Waals surface area contributed by atoms with Gasteiger partial charge in [0, 0.05) is 65.9 Å². The van der Waals surface area contributed by atoms with Crippen LogP contribution in [0.3, 0.4) is 0 Å². The maximum atomic E-state index is 5.15. The van der Waals surface area contributed by atoms with E-state index in [1.807, 2.05) is 60.7 Å². The van der Waals surface area contributed by atoms with E-state index in [2.05, 4.69) is 196 Å². The topological polar surface area (TPSA) is 53.5 Å². The highest BCUT2D eigenvalue weighted by Gasteiger charge is 2.22. The Kier molecular flexibility index (Phi) is 8.79. The van der Waals surface area contributed by atoms with Crippen LogP contribution in [0.15, 0.2) is 243 Å². The van der Waals surface area contributed by atoms with Gasteiger partial charge in [0.15, 0.2) is 17.5 Å². The fraction of sp³-hybridized carbons (Fsp3) is 0. The molecular weight excluding hydrogens is 841 g/mol. The van der Waals surface area contributed by atoms with Gasteiger partial charge in [0.05, 0.1) is 38.8 Å². The van der Waals surface area contributed by atoms with E-state index in [0.717, 1.165) is 66.7 Å². The number of hydrogen-bond acceptors (Lipinski definition) is 3. The van der Waals surface area contributed by atoms with Crippen LogP contribution in [-0.2, 0) is 0 Å². The summed E-state index contributed by atoms with van der Waals surface area (Å²) >= 11 is 0. The first kappa shape index (κ1) is 38.8. The van der Waals surface area contributed by atoms with Crippen LogP contribution in [-0.4, -0.2) is 28.7 Å². The molecule has 4 aromatic heterocycles. The predicted molar refractivity (Wildman–Crippen MR) is 285 cm³/mol. The number of fused-ring (bicyclic) bond motifs is 9. The Labute approximate surface area is 397 Å². The maximum absolute atomic E-state index is 5.15. The van der Waals surface area contributed by atoms with E-state index < -0.39 is 0 Å². The van der Waals surface area contributed by atoms with Crippen molar-refractivity contribution in [1.82, 2.24) is 28.7 Å². The van der Waals surface area contributed by atoms with Crippen LogP contribution in [0.2, 0.25) is 0 Å². The first-order chi connectivity index (χ1) is 34.2. The largest absolute Gasteiger partial charge is 0.309 e. The summed E-state index contributed by atoms with van der Waals surface area (Å²) in [7, 11) is 0. The van der Waals surface area contributed by atoms with Crippen molar-refractivity contribution >= 4 is 65.4 Å². The Morgan fingerprint density at radius 1 is 0.232 bits per heavy atom. The van der Waals surface area contributed by atoms with Crippen molar-refractivity contribution in [2.75, 3.05) is 0 Å². The Morgan fingerprint density at radius 2 is 0.580 bits per heavy atom. The normalized spacial score (nSPS) is 11.8. The Bertz CT molecular complexity index is 3960. The summed E-state index contributed by atoms with van der Waals surface area (Å²) in [5.41, 5.74) is 15.1. The van der Waals surface area contributed by atoms with E-state index >= 15 is 0 Å². The Hall–Kier alpha value is -9.39. The van der Waals surface area contributed by atoms with Gasteiger partial charge in [-0.15, -0.1) is 0 Å². The smallest absolute Gasteiger partial charge is 0.164 e. The third kappa shape index (κ3) is 6.23. The molecule has 0 amide bonds. The molecule has 6 nitrogen and oxygen atoms in total. The molecule has 0 aliphatic rings. The zero-order chi connectivity index (χ0) is 45.4. The van der Waals surface area contributed by atoms with Gasteiger partial charge in [-0.25, -0.2) is 15.0 Å². The van der Waals surface area contributed by atoms with Crippen molar-refractivity contribution in [2.45, 2.75) is 0 Å². The fourth-order valence-electron chi connectivity index (χ4n) is 10.6. The van der Waals surface area contributed by atoms with Crippen LogP contribution in [0, 0.1) is 0 Å². The van der Waals surface area contributed by atoms with E-state index in [4.69, 9.17) is 15.0 Å². The summed E-state index contributed by atoms with van der Waals surface area (Å²) < 4.78 is 7.27. The van der Waals surface area contributed by atoms with Crippen LogP contribution < -0.4 is 0 Å². The molecule has 0 spiro atoms. The number of nitrogens with zero attached hydrogens (tertiary/aromatic N) is 6. The standard InChI is InChI=1S/C63H40N6/c1-4-18-41(19-5-1)51-38-44(63-65-61(42-20-6-2-7-21-42)64-62(66-63)43-22-8-3-9-23-43)32-35-58(51)69-59-36-33-45(67-54-28-14-10-24-47(54)48-25-11-15-29-55(48)67)39-52(59)53-40-46(34-37-60(53)69)68-56-30-16-12-26-49(56)50-27-13-17-31-57(50)68/h1-40H. The number of para-hydroxylation sites is 4. The van der Waals surface area contributed by atoms with Crippen molar-refractivity contribution < 1.29 is 0 Å². The van der Waals surface area contributed by atoms with Crippen LogP contribution >= 0.6 is 0 Å². The van der Waals surface area contributed by atoms with Crippen molar-refractivity contribution in [3.63, 3.8) is 0 Å². The Morgan fingerprint density at radius 3 is 1.00 bits per heavy atom. The van der Waals surface area contributed by atoms with Gasteiger partial charge in [0.1, 0.15) is 0 Å². The minimum atomic E-state index is 0.611. The zero-order valence-corrected chi connectivity index (χ0v) is 37.3. The van der Waals surface area contributed by atoms with E-state index in [1.54, 1.807) is 0 Å². The summed E-state index contributed by atoms with van der Waals surface area (Å²) in [6.45, 7) is 0. The first-order valence-electron chi connectivity index (χ1n) is 23.4. The quantitative estimate of drug-likeness (QED) is 0.160. The SMILES string of the molecule is c1ccc(-c2nc(-c3ccccc3)nc(-c3ccc(-n4c5ccc(-n6c7ccccc7c7ccccc76)cc5c5cc(-n6c7ccccc7c7ccccc76)ccc54)c(-c4ccccc4)c3)n2)cc1. The highest BCUT2D eigenvalue weighted by molar-refractivity contribution is 6.14. The highest BCUT2D eigenvalue weighted by Crippen LogP contribution is 2.42. The third-order valence-corrected chi connectivity index (χ3v) is 13.7. The molecule has 69 heavy (non-hydrogen) atoms. The molecule has 322 valence electrons. The number of aromatic nitrogens is 6. The van der Waals surface area contributed by atoms with Crippen LogP contribution in [0.1, 0.15) is 0 Å². The molecule has 0 saturated carbocycles. The predicted octanol–water partition coefficient (Wildman–Crippen LogP) is 15.8. The van der Waals surface area contributed by atoms with Crippen molar-refractivity contribution in [3.05, 3.63) is 243 Å². The maximum Gasteiger partial charge on any atom is 0.164 e. The van der Waals surface area contributed by atoms with Gasteiger partial charge in [-0.2, -0.15) is 0 Å². The lowest BCUT2D eigenvalue weighted by molar-refractivity contribution is 1.07. The van der Waals surface area contributed by atoms with Gasteiger partial charge in [-0.3, -0.25) is 0 Å². The molecule has 0 bridgehead atoms. The number of benzene rings is 10. The van der Waals surface area contributed by atoms with Crippen LogP contribution in [0.4, 0.5) is 0 Å². The molecule has 4 heterocycles. The minimum absolute atomic E-state index is 0.611. The van der Waals surface area contributed by atoms with Gasteiger partial charge in [-0.1, -0.05) is 164 Å². The van der Waals surface area contributed by atoms with Crippen molar-refractivity contribution in [1.29, 1.82) is 0 Å². The summed E-state index contributed by atoms with van der Waals surface area (Å²) in [4.78, 5) is 15.3. The molecule has 0 aliphatic carbocycles. The van der Waals surface area contributed by atoms with Gasteiger partial charge < -0.3 is 13.7 Å². The molecule has 0 fully saturated rings. The fourth-order valence-corrected chi connectivity index (χ4v) is 10.6. The second kappa shape index (κ2) is 15.6.